The first-order chi connectivity index (χ1) is 12.6. The van der Waals surface area contributed by atoms with E-state index in [0.29, 0.717) is 6.04 Å². The Labute approximate surface area is 164 Å². The SMILES string of the molecule is CN=C(NCc1ccc(Br)cc1)NC1CCN(c2cccc(C)n2)CC1. The predicted molar refractivity (Wildman–Crippen MR) is 112 cm³/mol. The molecule has 2 N–H and O–H groups in total. The largest absolute Gasteiger partial charge is 0.356 e. The third kappa shape index (κ3) is 5.21. The van der Waals surface area contributed by atoms with Gasteiger partial charge in [0.2, 0.25) is 0 Å². The van der Waals surface area contributed by atoms with E-state index < -0.39 is 0 Å². The number of anilines is 1. The van der Waals surface area contributed by atoms with Crippen molar-refractivity contribution in [3.8, 4) is 0 Å². The number of hydrogen-bond donors (Lipinski definition) is 2. The van der Waals surface area contributed by atoms with Gasteiger partial charge < -0.3 is 15.5 Å². The molecule has 3 rings (SSSR count). The van der Waals surface area contributed by atoms with Crippen molar-refractivity contribution in [3.63, 3.8) is 0 Å². The van der Waals surface area contributed by atoms with Crippen molar-refractivity contribution in [2.75, 3.05) is 25.0 Å². The van der Waals surface area contributed by atoms with Gasteiger partial charge in [0.25, 0.3) is 0 Å². The van der Waals surface area contributed by atoms with Gasteiger partial charge in [0, 0.05) is 42.9 Å². The average Bonchev–Trinajstić information content (AvgIpc) is 2.67. The molecular weight excluding hydrogens is 390 g/mol. The fourth-order valence-electron chi connectivity index (χ4n) is 3.13. The first-order valence-electron chi connectivity index (χ1n) is 9.04. The second-order valence-corrected chi connectivity index (χ2v) is 7.51. The molecule has 5 nitrogen and oxygen atoms in total. The summed E-state index contributed by atoms with van der Waals surface area (Å²) in [7, 11) is 1.82. The van der Waals surface area contributed by atoms with E-state index in [-0.39, 0.29) is 0 Å². The van der Waals surface area contributed by atoms with E-state index >= 15 is 0 Å². The van der Waals surface area contributed by atoms with Crippen molar-refractivity contribution >= 4 is 27.7 Å². The second kappa shape index (κ2) is 9.03. The van der Waals surface area contributed by atoms with Gasteiger partial charge in [0.15, 0.2) is 5.96 Å². The number of guanidine groups is 1. The average molecular weight is 416 g/mol. The van der Waals surface area contributed by atoms with Gasteiger partial charge in [-0.05, 0) is 49.6 Å². The van der Waals surface area contributed by atoms with Crippen LogP contribution in [0.4, 0.5) is 5.82 Å². The van der Waals surface area contributed by atoms with Crippen LogP contribution >= 0.6 is 15.9 Å². The molecule has 26 heavy (non-hydrogen) atoms. The van der Waals surface area contributed by atoms with Crippen LogP contribution in [0.2, 0.25) is 0 Å². The summed E-state index contributed by atoms with van der Waals surface area (Å²) in [4.78, 5) is 11.4. The summed E-state index contributed by atoms with van der Waals surface area (Å²) in [5.41, 5.74) is 2.30. The highest BCUT2D eigenvalue weighted by Crippen LogP contribution is 2.18. The molecule has 0 spiro atoms. The number of nitrogens with zero attached hydrogens (tertiary/aromatic N) is 3. The zero-order valence-corrected chi connectivity index (χ0v) is 17.0. The molecule has 6 heteroatoms. The number of nitrogens with one attached hydrogen (secondary N) is 2. The topological polar surface area (TPSA) is 52.6 Å². The van der Waals surface area contributed by atoms with Gasteiger partial charge in [0.05, 0.1) is 0 Å². The minimum Gasteiger partial charge on any atom is -0.356 e. The predicted octanol–water partition coefficient (Wildman–Crippen LogP) is 3.49. The lowest BCUT2D eigenvalue weighted by Gasteiger charge is -2.34. The van der Waals surface area contributed by atoms with Crippen molar-refractivity contribution in [3.05, 3.63) is 58.2 Å². The first kappa shape index (κ1) is 18.7. The molecule has 1 aromatic carbocycles. The summed E-state index contributed by atoms with van der Waals surface area (Å²) < 4.78 is 1.10. The maximum absolute atomic E-state index is 4.63. The number of aliphatic imine (C=N–C) groups is 1. The molecule has 0 unspecified atom stereocenters. The van der Waals surface area contributed by atoms with E-state index in [1.807, 2.05) is 20.0 Å². The standard InChI is InChI=1S/C20H26BrN5/c1-15-4-3-5-19(24-15)26-12-10-18(11-13-26)25-20(22-2)23-14-16-6-8-17(21)9-7-16/h3-9,18H,10-14H2,1-2H3,(H2,22,23,25). The van der Waals surface area contributed by atoms with Gasteiger partial charge in [-0.25, -0.2) is 4.98 Å². The van der Waals surface area contributed by atoms with E-state index in [1.54, 1.807) is 0 Å². The number of pyridine rings is 1. The monoisotopic (exact) mass is 415 g/mol. The Morgan fingerprint density at radius 3 is 2.58 bits per heavy atom. The van der Waals surface area contributed by atoms with E-state index in [2.05, 4.69) is 77.8 Å². The lowest BCUT2D eigenvalue weighted by atomic mass is 10.1. The van der Waals surface area contributed by atoms with Crippen molar-refractivity contribution < 1.29 is 0 Å². The quantitative estimate of drug-likeness (QED) is 0.592. The number of rotatable bonds is 4. The first-order valence-corrected chi connectivity index (χ1v) is 9.83. The normalized spacial score (nSPS) is 15.8. The maximum atomic E-state index is 4.63. The number of hydrogen-bond acceptors (Lipinski definition) is 3. The molecule has 1 fully saturated rings. The van der Waals surface area contributed by atoms with Crippen LogP contribution in [-0.2, 0) is 6.54 Å². The number of benzene rings is 1. The molecule has 1 aliphatic rings. The molecule has 0 bridgehead atoms. The summed E-state index contributed by atoms with van der Waals surface area (Å²) in [5.74, 6) is 1.95. The minimum atomic E-state index is 0.437. The van der Waals surface area contributed by atoms with Gasteiger partial charge in [-0.3, -0.25) is 4.99 Å². The van der Waals surface area contributed by atoms with Crippen molar-refractivity contribution in [1.29, 1.82) is 0 Å². The van der Waals surface area contributed by atoms with Crippen molar-refractivity contribution in [2.24, 2.45) is 4.99 Å². The molecule has 0 aliphatic carbocycles. The maximum Gasteiger partial charge on any atom is 0.191 e. The Kier molecular flexibility index (Phi) is 6.50. The molecule has 0 saturated carbocycles. The van der Waals surface area contributed by atoms with Crippen LogP contribution in [0.5, 0.6) is 0 Å². The Balaban J connectivity index is 1.47. The van der Waals surface area contributed by atoms with Crippen LogP contribution in [0, 0.1) is 6.92 Å². The third-order valence-electron chi connectivity index (χ3n) is 4.63. The van der Waals surface area contributed by atoms with E-state index in [0.717, 1.165) is 54.4 Å². The lowest BCUT2D eigenvalue weighted by Crippen LogP contribution is -2.48. The number of aryl methyl sites for hydroxylation is 1. The summed E-state index contributed by atoms with van der Waals surface area (Å²) in [5, 5.41) is 6.95. The highest BCUT2D eigenvalue weighted by molar-refractivity contribution is 9.10. The third-order valence-corrected chi connectivity index (χ3v) is 5.16. The van der Waals surface area contributed by atoms with Gasteiger partial charge in [-0.1, -0.05) is 34.1 Å². The molecule has 1 aliphatic heterocycles. The molecule has 0 atom stereocenters. The van der Waals surface area contributed by atoms with Gasteiger partial charge in [0.1, 0.15) is 5.82 Å². The van der Waals surface area contributed by atoms with E-state index in [1.165, 1.54) is 5.56 Å². The molecular formula is C20H26BrN5. The van der Waals surface area contributed by atoms with Crippen LogP contribution in [0.25, 0.3) is 0 Å². The Morgan fingerprint density at radius 1 is 1.19 bits per heavy atom. The summed E-state index contributed by atoms with van der Waals surface area (Å²) in [6, 6.07) is 15.0. The fraction of sp³-hybridized carbons (Fsp3) is 0.400. The highest BCUT2D eigenvalue weighted by atomic mass is 79.9. The van der Waals surface area contributed by atoms with Crippen LogP contribution in [0.1, 0.15) is 24.1 Å². The molecule has 0 radical (unpaired) electrons. The number of aromatic nitrogens is 1. The van der Waals surface area contributed by atoms with Crippen LogP contribution in [-0.4, -0.2) is 37.1 Å². The highest BCUT2D eigenvalue weighted by Gasteiger charge is 2.20. The molecule has 1 saturated heterocycles. The van der Waals surface area contributed by atoms with Gasteiger partial charge >= 0.3 is 0 Å². The number of piperidine rings is 1. The van der Waals surface area contributed by atoms with Crippen molar-refractivity contribution in [2.45, 2.75) is 32.4 Å². The van der Waals surface area contributed by atoms with Crippen LogP contribution in [0.3, 0.4) is 0 Å². The Morgan fingerprint density at radius 2 is 1.92 bits per heavy atom. The van der Waals surface area contributed by atoms with Gasteiger partial charge in [-0.2, -0.15) is 0 Å². The van der Waals surface area contributed by atoms with Gasteiger partial charge in [-0.15, -0.1) is 0 Å². The summed E-state index contributed by atoms with van der Waals surface area (Å²) >= 11 is 3.47. The van der Waals surface area contributed by atoms with E-state index in [4.69, 9.17) is 0 Å². The molecule has 2 aromatic rings. The molecule has 138 valence electrons. The molecule has 2 heterocycles. The fourth-order valence-corrected chi connectivity index (χ4v) is 3.40. The lowest BCUT2D eigenvalue weighted by molar-refractivity contribution is 0.459. The second-order valence-electron chi connectivity index (χ2n) is 6.60. The van der Waals surface area contributed by atoms with Crippen molar-refractivity contribution in [1.82, 2.24) is 15.6 Å². The summed E-state index contributed by atoms with van der Waals surface area (Å²) in [6.07, 6.45) is 2.16. The zero-order chi connectivity index (χ0) is 18.4. The zero-order valence-electron chi connectivity index (χ0n) is 15.4. The smallest absolute Gasteiger partial charge is 0.191 e. The summed E-state index contributed by atoms with van der Waals surface area (Å²) in [6.45, 7) is 4.83. The van der Waals surface area contributed by atoms with Crippen LogP contribution in [0.15, 0.2) is 51.9 Å². The number of halogens is 1. The van der Waals surface area contributed by atoms with Crippen LogP contribution < -0.4 is 15.5 Å². The van der Waals surface area contributed by atoms with E-state index in [9.17, 15) is 0 Å². The molecule has 1 aromatic heterocycles. The Bertz CT molecular complexity index is 736. The Hall–Kier alpha value is -2.08. The molecule has 0 amide bonds. The minimum absolute atomic E-state index is 0.437.